The molecule has 0 fully saturated rings. The van der Waals surface area contributed by atoms with Crippen LogP contribution < -0.4 is 0 Å². The van der Waals surface area contributed by atoms with Crippen molar-refractivity contribution in [1.82, 2.24) is 4.90 Å². The Bertz CT molecular complexity index is 376. The lowest BCUT2D eigenvalue weighted by Gasteiger charge is -2.34. The van der Waals surface area contributed by atoms with Crippen molar-refractivity contribution in [1.29, 1.82) is 0 Å². The molecule has 0 bridgehead atoms. The Hall–Kier alpha value is -1.35. The third-order valence-corrected chi connectivity index (χ3v) is 2.77. The zero-order chi connectivity index (χ0) is 13.1. The van der Waals surface area contributed by atoms with E-state index in [1.54, 1.807) is 0 Å². The summed E-state index contributed by atoms with van der Waals surface area (Å²) in [6.07, 6.45) is 0. The van der Waals surface area contributed by atoms with Gasteiger partial charge < -0.3 is 5.11 Å². The van der Waals surface area contributed by atoms with Gasteiger partial charge in [-0.1, -0.05) is 29.8 Å². The van der Waals surface area contributed by atoms with Crippen LogP contribution in [0.25, 0.3) is 0 Å². The molecule has 0 unspecified atom stereocenters. The predicted octanol–water partition coefficient (Wildman–Crippen LogP) is 2.68. The van der Waals surface area contributed by atoms with Crippen molar-refractivity contribution in [2.75, 3.05) is 6.54 Å². The quantitative estimate of drug-likeness (QED) is 0.872. The minimum absolute atomic E-state index is 0.0668. The molecule has 3 heteroatoms. The Kier molecular flexibility index (Phi) is 4.29. The van der Waals surface area contributed by atoms with E-state index in [2.05, 4.69) is 24.3 Å². The fourth-order valence-electron chi connectivity index (χ4n) is 1.61. The van der Waals surface area contributed by atoms with Gasteiger partial charge in [-0.3, -0.25) is 9.69 Å². The first-order valence-electron chi connectivity index (χ1n) is 5.81. The molecule has 94 valence electrons. The van der Waals surface area contributed by atoms with Gasteiger partial charge in [0.05, 0.1) is 6.54 Å². The topological polar surface area (TPSA) is 40.5 Å². The smallest absolute Gasteiger partial charge is 0.317 e. The fraction of sp³-hybridized carbons (Fsp3) is 0.500. The molecule has 0 saturated heterocycles. The third-order valence-electron chi connectivity index (χ3n) is 2.77. The van der Waals surface area contributed by atoms with E-state index in [1.165, 1.54) is 5.56 Å². The maximum atomic E-state index is 10.9. The van der Waals surface area contributed by atoms with Crippen LogP contribution in [0.1, 0.15) is 31.9 Å². The Morgan fingerprint density at radius 3 is 2.18 bits per heavy atom. The highest BCUT2D eigenvalue weighted by Crippen LogP contribution is 2.17. The molecule has 0 radical (unpaired) electrons. The largest absolute Gasteiger partial charge is 0.480 e. The first-order chi connectivity index (χ1) is 7.79. The summed E-state index contributed by atoms with van der Waals surface area (Å²) in [5.41, 5.74) is 2.21. The maximum absolute atomic E-state index is 10.9. The summed E-state index contributed by atoms with van der Waals surface area (Å²) >= 11 is 0. The Balaban J connectivity index is 2.79. The van der Waals surface area contributed by atoms with E-state index in [-0.39, 0.29) is 12.1 Å². The average Bonchev–Trinajstić information content (AvgIpc) is 2.18. The van der Waals surface area contributed by atoms with Gasteiger partial charge in [-0.25, -0.2) is 0 Å². The monoisotopic (exact) mass is 235 g/mol. The number of nitrogens with zero attached hydrogens (tertiary/aromatic N) is 1. The van der Waals surface area contributed by atoms with E-state index < -0.39 is 5.97 Å². The molecule has 0 atom stereocenters. The number of rotatable bonds is 4. The average molecular weight is 235 g/mol. The molecule has 1 rings (SSSR count). The fourth-order valence-corrected chi connectivity index (χ4v) is 1.61. The number of hydrogen-bond acceptors (Lipinski definition) is 2. The lowest BCUT2D eigenvalue weighted by molar-refractivity contribution is -0.139. The number of carbonyl (C=O) groups is 1. The summed E-state index contributed by atoms with van der Waals surface area (Å²) in [6, 6.07) is 8.21. The molecule has 0 amide bonds. The Morgan fingerprint density at radius 2 is 1.76 bits per heavy atom. The maximum Gasteiger partial charge on any atom is 0.317 e. The summed E-state index contributed by atoms with van der Waals surface area (Å²) in [6.45, 7) is 8.87. The van der Waals surface area contributed by atoms with E-state index in [9.17, 15) is 4.79 Å². The van der Waals surface area contributed by atoms with Crippen molar-refractivity contribution in [3.63, 3.8) is 0 Å². The highest BCUT2D eigenvalue weighted by Gasteiger charge is 2.23. The summed E-state index contributed by atoms with van der Waals surface area (Å²) in [7, 11) is 0. The van der Waals surface area contributed by atoms with Gasteiger partial charge in [-0.05, 0) is 33.3 Å². The lowest BCUT2D eigenvalue weighted by Crippen LogP contribution is -2.43. The van der Waals surface area contributed by atoms with Crippen LogP contribution in [0.15, 0.2) is 24.3 Å². The molecule has 3 nitrogen and oxygen atoms in total. The van der Waals surface area contributed by atoms with Gasteiger partial charge in [-0.2, -0.15) is 0 Å². The molecule has 17 heavy (non-hydrogen) atoms. The van der Waals surface area contributed by atoms with Gasteiger partial charge in [0, 0.05) is 12.1 Å². The van der Waals surface area contributed by atoms with Crippen molar-refractivity contribution in [3.05, 3.63) is 35.4 Å². The summed E-state index contributed by atoms with van der Waals surface area (Å²) < 4.78 is 0. The molecule has 1 N–H and O–H groups in total. The van der Waals surface area contributed by atoms with Gasteiger partial charge >= 0.3 is 5.97 Å². The lowest BCUT2D eigenvalue weighted by atomic mass is 10.0. The summed E-state index contributed by atoms with van der Waals surface area (Å²) in [5.74, 6) is -0.785. The van der Waals surface area contributed by atoms with E-state index in [4.69, 9.17) is 5.11 Å². The molecular formula is C14H21NO2. The second kappa shape index (κ2) is 5.32. The highest BCUT2D eigenvalue weighted by molar-refractivity contribution is 5.69. The normalized spacial score (nSPS) is 11.8. The zero-order valence-electron chi connectivity index (χ0n) is 11.0. The van der Waals surface area contributed by atoms with Crippen LogP contribution in [0.2, 0.25) is 0 Å². The predicted molar refractivity (Wildman–Crippen MR) is 69.0 cm³/mol. The van der Waals surface area contributed by atoms with Crippen molar-refractivity contribution >= 4 is 5.97 Å². The van der Waals surface area contributed by atoms with E-state index in [0.717, 1.165) is 5.56 Å². The molecule has 0 heterocycles. The molecule has 0 aliphatic rings. The third kappa shape index (κ3) is 4.57. The van der Waals surface area contributed by atoms with Crippen molar-refractivity contribution in [2.45, 2.75) is 39.8 Å². The SMILES string of the molecule is Cc1ccc(CN(CC(=O)O)C(C)(C)C)cc1. The molecule has 1 aromatic carbocycles. The van der Waals surface area contributed by atoms with Crippen LogP contribution in [0.4, 0.5) is 0 Å². The Labute approximate surface area is 103 Å². The number of benzene rings is 1. The number of hydrogen-bond donors (Lipinski definition) is 1. The van der Waals surface area contributed by atoms with Gasteiger partial charge in [0.15, 0.2) is 0 Å². The van der Waals surface area contributed by atoms with E-state index >= 15 is 0 Å². The molecule has 0 saturated carbocycles. The number of aliphatic carboxylic acids is 1. The van der Waals surface area contributed by atoms with Crippen LogP contribution in [-0.4, -0.2) is 28.1 Å². The van der Waals surface area contributed by atoms with Crippen LogP contribution in [0.5, 0.6) is 0 Å². The van der Waals surface area contributed by atoms with E-state index in [0.29, 0.717) is 6.54 Å². The van der Waals surface area contributed by atoms with Gasteiger partial charge in [-0.15, -0.1) is 0 Å². The second-order valence-electron chi connectivity index (χ2n) is 5.41. The first kappa shape index (κ1) is 13.7. The minimum Gasteiger partial charge on any atom is -0.480 e. The Morgan fingerprint density at radius 1 is 1.24 bits per heavy atom. The molecule has 0 aromatic heterocycles. The van der Waals surface area contributed by atoms with Gasteiger partial charge in [0.1, 0.15) is 0 Å². The highest BCUT2D eigenvalue weighted by atomic mass is 16.4. The second-order valence-corrected chi connectivity index (χ2v) is 5.41. The van der Waals surface area contributed by atoms with Crippen LogP contribution in [-0.2, 0) is 11.3 Å². The number of carboxylic acid groups (broad SMARTS) is 1. The molecule has 0 spiro atoms. The molecular weight excluding hydrogens is 214 g/mol. The first-order valence-corrected chi connectivity index (χ1v) is 5.81. The van der Waals surface area contributed by atoms with Crippen molar-refractivity contribution < 1.29 is 9.90 Å². The van der Waals surface area contributed by atoms with Crippen molar-refractivity contribution in [3.8, 4) is 0 Å². The molecule has 1 aromatic rings. The van der Waals surface area contributed by atoms with Crippen molar-refractivity contribution in [2.24, 2.45) is 0 Å². The van der Waals surface area contributed by atoms with Gasteiger partial charge in [0.25, 0.3) is 0 Å². The minimum atomic E-state index is -0.785. The van der Waals surface area contributed by atoms with Crippen LogP contribution in [0, 0.1) is 6.92 Å². The number of carboxylic acids is 1. The molecule has 0 aliphatic carbocycles. The molecule has 0 aliphatic heterocycles. The van der Waals surface area contributed by atoms with Crippen LogP contribution in [0.3, 0.4) is 0 Å². The number of aryl methyl sites for hydroxylation is 1. The van der Waals surface area contributed by atoms with E-state index in [1.807, 2.05) is 32.6 Å². The standard InChI is InChI=1S/C14H21NO2/c1-11-5-7-12(8-6-11)9-15(10-13(16)17)14(2,3)4/h5-8H,9-10H2,1-4H3,(H,16,17). The summed E-state index contributed by atoms with van der Waals surface area (Å²) in [5, 5.41) is 8.93. The van der Waals surface area contributed by atoms with Gasteiger partial charge in [0.2, 0.25) is 0 Å². The van der Waals surface area contributed by atoms with Crippen LogP contribution >= 0.6 is 0 Å². The zero-order valence-corrected chi connectivity index (χ0v) is 11.0. The summed E-state index contributed by atoms with van der Waals surface area (Å²) in [4.78, 5) is 12.8.